The Labute approximate surface area is 132 Å². The van der Waals surface area contributed by atoms with Crippen LogP contribution in [0.25, 0.3) is 0 Å². The second-order valence-corrected chi connectivity index (χ2v) is 6.55. The highest BCUT2D eigenvalue weighted by atomic mass is 35.5. The van der Waals surface area contributed by atoms with Gasteiger partial charge in [-0.2, -0.15) is 0 Å². The van der Waals surface area contributed by atoms with Gasteiger partial charge < -0.3 is 5.32 Å². The van der Waals surface area contributed by atoms with E-state index < -0.39 is 0 Å². The van der Waals surface area contributed by atoms with Crippen LogP contribution in [-0.4, -0.2) is 13.1 Å². The predicted molar refractivity (Wildman–Crippen MR) is 90.3 cm³/mol. The molecule has 1 aliphatic rings. The molecule has 1 nitrogen and oxygen atoms in total. The van der Waals surface area contributed by atoms with Crippen molar-refractivity contribution in [2.24, 2.45) is 0 Å². The van der Waals surface area contributed by atoms with Crippen LogP contribution in [0, 0.1) is 13.8 Å². The van der Waals surface area contributed by atoms with Gasteiger partial charge in [-0.3, -0.25) is 0 Å². The van der Waals surface area contributed by atoms with E-state index in [0.717, 1.165) is 18.1 Å². The van der Waals surface area contributed by atoms with Crippen LogP contribution in [-0.2, 0) is 0 Å². The summed E-state index contributed by atoms with van der Waals surface area (Å²) in [6, 6.07) is 15.3. The molecule has 1 saturated heterocycles. The number of rotatable bonds is 2. The molecular weight excluding hydrogens is 278 g/mol. The highest BCUT2D eigenvalue weighted by molar-refractivity contribution is 6.30. The minimum Gasteiger partial charge on any atom is -0.316 e. The van der Waals surface area contributed by atoms with Gasteiger partial charge in [-0.1, -0.05) is 47.5 Å². The molecule has 0 amide bonds. The molecule has 1 aliphatic heterocycles. The fourth-order valence-corrected chi connectivity index (χ4v) is 3.68. The molecule has 2 heteroatoms. The third-order valence-corrected chi connectivity index (χ3v) is 4.85. The van der Waals surface area contributed by atoms with Gasteiger partial charge in [0, 0.05) is 17.5 Å². The van der Waals surface area contributed by atoms with Gasteiger partial charge in [-0.25, -0.2) is 0 Å². The minimum absolute atomic E-state index is 0.541. The van der Waals surface area contributed by atoms with Crippen molar-refractivity contribution in [1.82, 2.24) is 5.32 Å². The van der Waals surface area contributed by atoms with E-state index in [2.05, 4.69) is 55.6 Å². The van der Waals surface area contributed by atoms with E-state index in [9.17, 15) is 0 Å². The molecule has 0 aromatic heterocycles. The fourth-order valence-electron chi connectivity index (χ4n) is 3.45. The second kappa shape index (κ2) is 6.21. The zero-order valence-corrected chi connectivity index (χ0v) is 13.5. The van der Waals surface area contributed by atoms with Gasteiger partial charge in [0.25, 0.3) is 0 Å². The van der Waals surface area contributed by atoms with Crippen molar-refractivity contribution in [2.45, 2.75) is 32.1 Å². The van der Waals surface area contributed by atoms with Gasteiger partial charge in [-0.15, -0.1) is 0 Å². The lowest BCUT2D eigenvalue weighted by atomic mass is 9.76. The minimum atomic E-state index is 0.541. The first-order valence-electron chi connectivity index (χ1n) is 7.68. The summed E-state index contributed by atoms with van der Waals surface area (Å²) in [4.78, 5) is 0. The molecule has 1 heterocycles. The van der Waals surface area contributed by atoms with E-state index in [-0.39, 0.29) is 0 Å². The van der Waals surface area contributed by atoms with E-state index in [1.165, 1.54) is 28.7 Å². The smallest absolute Gasteiger partial charge is 0.0408 e. The van der Waals surface area contributed by atoms with Crippen molar-refractivity contribution in [3.05, 3.63) is 69.7 Å². The Morgan fingerprint density at radius 1 is 1.00 bits per heavy atom. The van der Waals surface area contributed by atoms with Crippen molar-refractivity contribution < 1.29 is 0 Å². The number of benzene rings is 2. The van der Waals surface area contributed by atoms with E-state index in [0.29, 0.717) is 11.8 Å². The summed E-state index contributed by atoms with van der Waals surface area (Å²) in [6.45, 7) is 6.46. The van der Waals surface area contributed by atoms with Gasteiger partial charge in [0.1, 0.15) is 0 Å². The van der Waals surface area contributed by atoms with Crippen molar-refractivity contribution in [1.29, 1.82) is 0 Å². The zero-order chi connectivity index (χ0) is 14.8. The Hall–Kier alpha value is -1.31. The largest absolute Gasteiger partial charge is 0.316 e. The van der Waals surface area contributed by atoms with Crippen LogP contribution in [0.3, 0.4) is 0 Å². The maximum atomic E-state index is 6.11. The number of nitrogens with one attached hydrogen (secondary N) is 1. The first kappa shape index (κ1) is 14.6. The van der Waals surface area contributed by atoms with E-state index >= 15 is 0 Å². The monoisotopic (exact) mass is 299 g/mol. The number of piperidine rings is 1. The molecule has 0 bridgehead atoms. The van der Waals surface area contributed by atoms with Crippen molar-refractivity contribution >= 4 is 11.6 Å². The lowest BCUT2D eigenvalue weighted by Crippen LogP contribution is -2.34. The third kappa shape index (κ3) is 3.14. The van der Waals surface area contributed by atoms with Crippen molar-refractivity contribution in [3.63, 3.8) is 0 Å². The van der Waals surface area contributed by atoms with Crippen LogP contribution >= 0.6 is 11.6 Å². The Morgan fingerprint density at radius 3 is 2.48 bits per heavy atom. The first-order chi connectivity index (χ1) is 10.1. The molecule has 110 valence electrons. The quantitative estimate of drug-likeness (QED) is 0.838. The Morgan fingerprint density at radius 2 is 1.76 bits per heavy atom. The molecule has 0 aliphatic carbocycles. The standard InChI is InChI=1S/C19H22ClN/c1-13-3-5-15(6-4-13)19-12-21-10-9-18(19)17-8-7-16(20)11-14(17)2/h3-8,11,18-19,21H,9-10,12H2,1-2H3. The molecule has 1 fully saturated rings. The Balaban J connectivity index is 1.96. The zero-order valence-electron chi connectivity index (χ0n) is 12.7. The summed E-state index contributed by atoms with van der Waals surface area (Å²) in [5.41, 5.74) is 5.52. The summed E-state index contributed by atoms with van der Waals surface area (Å²) in [7, 11) is 0. The predicted octanol–water partition coefficient (Wildman–Crippen LogP) is 4.82. The van der Waals surface area contributed by atoms with E-state index in [4.69, 9.17) is 11.6 Å². The summed E-state index contributed by atoms with van der Waals surface area (Å²) in [5, 5.41) is 4.38. The van der Waals surface area contributed by atoms with Crippen LogP contribution in [0.5, 0.6) is 0 Å². The molecule has 2 unspecified atom stereocenters. The van der Waals surface area contributed by atoms with E-state index in [1.807, 2.05) is 6.07 Å². The molecule has 2 aromatic rings. The third-order valence-electron chi connectivity index (χ3n) is 4.62. The maximum Gasteiger partial charge on any atom is 0.0408 e. The van der Waals surface area contributed by atoms with Crippen LogP contribution < -0.4 is 5.32 Å². The molecule has 0 radical (unpaired) electrons. The van der Waals surface area contributed by atoms with Gasteiger partial charge in [0.15, 0.2) is 0 Å². The molecular formula is C19H22ClN. The van der Waals surface area contributed by atoms with Crippen LogP contribution in [0.2, 0.25) is 5.02 Å². The normalized spacial score (nSPS) is 22.2. The average Bonchev–Trinajstić information content (AvgIpc) is 2.48. The molecule has 0 saturated carbocycles. The SMILES string of the molecule is Cc1ccc(C2CNCCC2c2ccc(Cl)cc2C)cc1. The molecule has 21 heavy (non-hydrogen) atoms. The van der Waals surface area contributed by atoms with Crippen LogP contribution in [0.4, 0.5) is 0 Å². The van der Waals surface area contributed by atoms with Gasteiger partial charge in [0.2, 0.25) is 0 Å². The summed E-state index contributed by atoms with van der Waals surface area (Å²) in [6.07, 6.45) is 1.18. The van der Waals surface area contributed by atoms with Crippen molar-refractivity contribution in [2.75, 3.05) is 13.1 Å². The van der Waals surface area contributed by atoms with Crippen molar-refractivity contribution in [3.8, 4) is 0 Å². The molecule has 1 N–H and O–H groups in total. The second-order valence-electron chi connectivity index (χ2n) is 6.12. The number of hydrogen-bond donors (Lipinski definition) is 1. The lowest BCUT2D eigenvalue weighted by Gasteiger charge is -2.34. The van der Waals surface area contributed by atoms with Gasteiger partial charge >= 0.3 is 0 Å². The van der Waals surface area contributed by atoms with Crippen LogP contribution in [0.15, 0.2) is 42.5 Å². The topological polar surface area (TPSA) is 12.0 Å². The highest BCUT2D eigenvalue weighted by Gasteiger charge is 2.28. The number of hydrogen-bond acceptors (Lipinski definition) is 1. The highest BCUT2D eigenvalue weighted by Crippen LogP contribution is 2.39. The summed E-state index contributed by atoms with van der Waals surface area (Å²) >= 11 is 6.11. The van der Waals surface area contributed by atoms with Gasteiger partial charge in [0.05, 0.1) is 0 Å². The Kier molecular flexibility index (Phi) is 4.32. The van der Waals surface area contributed by atoms with Gasteiger partial charge in [-0.05, 0) is 61.6 Å². The van der Waals surface area contributed by atoms with E-state index in [1.54, 1.807) is 0 Å². The summed E-state index contributed by atoms with van der Waals surface area (Å²) in [5.74, 6) is 1.12. The number of halogens is 1. The molecule has 0 spiro atoms. The summed E-state index contributed by atoms with van der Waals surface area (Å²) < 4.78 is 0. The van der Waals surface area contributed by atoms with Crippen LogP contribution in [0.1, 0.15) is 40.5 Å². The average molecular weight is 300 g/mol. The molecule has 2 aromatic carbocycles. The lowest BCUT2D eigenvalue weighted by molar-refractivity contribution is 0.403. The fraction of sp³-hybridized carbons (Fsp3) is 0.368. The first-order valence-corrected chi connectivity index (χ1v) is 8.06. The molecule has 2 atom stereocenters. The number of aryl methyl sites for hydroxylation is 2. The maximum absolute atomic E-state index is 6.11. The Bertz CT molecular complexity index is 618. The molecule has 3 rings (SSSR count).